The minimum Gasteiger partial charge on any atom is -0.496 e. The molecule has 0 spiro atoms. The zero-order chi connectivity index (χ0) is 12.6. The maximum absolute atomic E-state index is 13.8. The number of aryl methyl sites for hydroxylation is 1. The van der Waals surface area contributed by atoms with Crippen molar-refractivity contribution in [2.24, 2.45) is 5.41 Å². The van der Waals surface area contributed by atoms with Gasteiger partial charge in [-0.2, -0.15) is 0 Å². The monoisotopic (exact) mass is 238 g/mol. The zero-order valence-corrected chi connectivity index (χ0v) is 9.92. The molecule has 1 aromatic rings. The highest BCUT2D eigenvalue weighted by Gasteiger charge is 2.50. The molecule has 0 saturated heterocycles. The van der Waals surface area contributed by atoms with Crippen LogP contribution in [0.5, 0.6) is 5.75 Å². The number of carboxylic acid groups (broad SMARTS) is 1. The summed E-state index contributed by atoms with van der Waals surface area (Å²) < 4.78 is 19.0. The normalized spacial score (nSPS) is 16.6. The fraction of sp³-hybridized carbons (Fsp3) is 0.462. The topological polar surface area (TPSA) is 46.5 Å². The Morgan fingerprint density at radius 3 is 2.65 bits per heavy atom. The first-order chi connectivity index (χ1) is 7.98. The van der Waals surface area contributed by atoms with Crippen molar-refractivity contribution < 1.29 is 19.0 Å². The number of benzene rings is 1. The number of carboxylic acids is 1. The molecule has 4 heteroatoms. The highest BCUT2D eigenvalue weighted by atomic mass is 19.1. The lowest BCUT2D eigenvalue weighted by Gasteiger charge is -2.14. The van der Waals surface area contributed by atoms with E-state index in [0.29, 0.717) is 24.2 Å². The molecule has 0 aliphatic heterocycles. The third-order valence-electron chi connectivity index (χ3n) is 3.34. The van der Waals surface area contributed by atoms with Crippen LogP contribution in [0.4, 0.5) is 4.39 Å². The fourth-order valence-corrected chi connectivity index (χ4v) is 2.05. The molecule has 0 aromatic heterocycles. The molecule has 2 rings (SSSR count). The molecule has 1 aliphatic carbocycles. The molecule has 1 N–H and O–H groups in total. The standard InChI is InChI=1S/C13H15FO3/c1-8-5-10(14)9(11(6-8)17-2)7-13(3-4-13)12(15)16/h5-6H,3-4,7H2,1-2H3,(H,15,16). The van der Waals surface area contributed by atoms with Crippen LogP contribution in [0.2, 0.25) is 0 Å². The fourth-order valence-electron chi connectivity index (χ4n) is 2.05. The van der Waals surface area contributed by atoms with Crippen LogP contribution in [0.15, 0.2) is 12.1 Å². The third-order valence-corrected chi connectivity index (χ3v) is 3.34. The van der Waals surface area contributed by atoms with Crippen molar-refractivity contribution in [1.29, 1.82) is 0 Å². The average molecular weight is 238 g/mol. The van der Waals surface area contributed by atoms with E-state index < -0.39 is 11.4 Å². The summed E-state index contributed by atoms with van der Waals surface area (Å²) in [5, 5.41) is 9.11. The van der Waals surface area contributed by atoms with Crippen LogP contribution in [0.3, 0.4) is 0 Å². The SMILES string of the molecule is COc1cc(C)cc(F)c1CC1(C(=O)O)CC1. The number of rotatable bonds is 4. The van der Waals surface area contributed by atoms with Gasteiger partial charge in [-0.1, -0.05) is 0 Å². The number of halogens is 1. The molecule has 1 aliphatic rings. The lowest BCUT2D eigenvalue weighted by molar-refractivity contribution is -0.143. The minimum atomic E-state index is -0.848. The summed E-state index contributed by atoms with van der Waals surface area (Å²) in [5.74, 6) is -0.788. The smallest absolute Gasteiger partial charge is 0.309 e. The summed E-state index contributed by atoms with van der Waals surface area (Å²) in [7, 11) is 1.47. The van der Waals surface area contributed by atoms with Gasteiger partial charge >= 0.3 is 5.97 Å². The Kier molecular flexibility index (Phi) is 2.81. The third kappa shape index (κ3) is 2.12. The van der Waals surface area contributed by atoms with Gasteiger partial charge < -0.3 is 9.84 Å². The second-order valence-corrected chi connectivity index (χ2v) is 4.69. The van der Waals surface area contributed by atoms with E-state index >= 15 is 0 Å². The first-order valence-corrected chi connectivity index (χ1v) is 5.55. The van der Waals surface area contributed by atoms with Gasteiger partial charge in [0.25, 0.3) is 0 Å². The Labute approximate surface area is 99.2 Å². The minimum absolute atomic E-state index is 0.206. The van der Waals surface area contributed by atoms with Gasteiger partial charge in [0.05, 0.1) is 12.5 Å². The van der Waals surface area contributed by atoms with Crippen LogP contribution < -0.4 is 4.74 Å². The van der Waals surface area contributed by atoms with Crippen LogP contribution in [-0.2, 0) is 11.2 Å². The van der Waals surface area contributed by atoms with Crippen LogP contribution in [0, 0.1) is 18.2 Å². The molecule has 17 heavy (non-hydrogen) atoms. The van der Waals surface area contributed by atoms with Crippen molar-refractivity contribution in [3.8, 4) is 5.75 Å². The molecule has 1 saturated carbocycles. The Morgan fingerprint density at radius 1 is 1.53 bits per heavy atom. The maximum atomic E-state index is 13.8. The van der Waals surface area contributed by atoms with Crippen molar-refractivity contribution in [2.75, 3.05) is 7.11 Å². The van der Waals surface area contributed by atoms with Gasteiger partial charge in [0.2, 0.25) is 0 Å². The molecular formula is C13H15FO3. The second-order valence-electron chi connectivity index (χ2n) is 4.69. The van der Waals surface area contributed by atoms with E-state index in [4.69, 9.17) is 9.84 Å². The van der Waals surface area contributed by atoms with E-state index in [2.05, 4.69) is 0 Å². The summed E-state index contributed by atoms with van der Waals surface area (Å²) >= 11 is 0. The van der Waals surface area contributed by atoms with Gasteiger partial charge in [0.15, 0.2) is 0 Å². The number of aliphatic carboxylic acids is 1. The van der Waals surface area contributed by atoms with Crippen LogP contribution in [-0.4, -0.2) is 18.2 Å². The summed E-state index contributed by atoms with van der Waals surface area (Å²) in [6, 6.07) is 3.14. The van der Waals surface area contributed by atoms with Gasteiger partial charge in [-0.3, -0.25) is 4.79 Å². The second kappa shape index (κ2) is 4.02. The highest BCUT2D eigenvalue weighted by molar-refractivity contribution is 5.78. The summed E-state index contributed by atoms with van der Waals surface area (Å²) in [5.41, 5.74) is 0.366. The van der Waals surface area contributed by atoms with Crippen LogP contribution in [0.25, 0.3) is 0 Å². The molecule has 0 amide bonds. The number of methoxy groups -OCH3 is 1. The highest BCUT2D eigenvalue weighted by Crippen LogP contribution is 2.50. The lowest BCUT2D eigenvalue weighted by Crippen LogP contribution is -2.18. The van der Waals surface area contributed by atoms with Gasteiger partial charge in [-0.25, -0.2) is 4.39 Å². The zero-order valence-electron chi connectivity index (χ0n) is 9.92. The molecule has 0 unspecified atom stereocenters. The van der Waals surface area contributed by atoms with Crippen molar-refractivity contribution in [1.82, 2.24) is 0 Å². The number of ether oxygens (including phenoxy) is 1. The number of carbonyl (C=O) groups is 1. The molecule has 3 nitrogen and oxygen atoms in total. The molecule has 0 atom stereocenters. The Bertz CT molecular complexity index is 464. The quantitative estimate of drug-likeness (QED) is 0.876. The van der Waals surface area contributed by atoms with E-state index in [1.54, 1.807) is 13.0 Å². The number of hydrogen-bond donors (Lipinski definition) is 1. The molecule has 1 aromatic carbocycles. The van der Waals surface area contributed by atoms with E-state index in [0.717, 1.165) is 5.56 Å². The predicted octanol–water partition coefficient (Wildman–Crippen LogP) is 2.55. The molecular weight excluding hydrogens is 223 g/mol. The molecule has 1 fully saturated rings. The van der Waals surface area contributed by atoms with Gasteiger partial charge in [0.1, 0.15) is 11.6 Å². The largest absolute Gasteiger partial charge is 0.496 e. The molecule has 0 bridgehead atoms. The lowest BCUT2D eigenvalue weighted by atomic mass is 9.95. The van der Waals surface area contributed by atoms with Gasteiger partial charge in [-0.15, -0.1) is 0 Å². The number of hydrogen-bond acceptors (Lipinski definition) is 2. The van der Waals surface area contributed by atoms with Crippen molar-refractivity contribution in [3.05, 3.63) is 29.1 Å². The Morgan fingerprint density at radius 2 is 2.18 bits per heavy atom. The van der Waals surface area contributed by atoms with Gasteiger partial charge in [-0.05, 0) is 43.9 Å². The van der Waals surface area contributed by atoms with E-state index in [9.17, 15) is 9.18 Å². The first kappa shape index (κ1) is 11.9. The van der Waals surface area contributed by atoms with Crippen molar-refractivity contribution in [3.63, 3.8) is 0 Å². The maximum Gasteiger partial charge on any atom is 0.309 e. The predicted molar refractivity (Wildman–Crippen MR) is 60.7 cm³/mol. The molecule has 0 radical (unpaired) electrons. The average Bonchev–Trinajstić information content (AvgIpc) is 3.02. The summed E-state index contributed by atoms with van der Waals surface area (Å²) in [6.45, 7) is 1.78. The molecule has 0 heterocycles. The van der Waals surface area contributed by atoms with Gasteiger partial charge in [0, 0.05) is 5.56 Å². The van der Waals surface area contributed by atoms with E-state index in [-0.39, 0.29) is 12.2 Å². The van der Waals surface area contributed by atoms with E-state index in [1.807, 2.05) is 0 Å². The van der Waals surface area contributed by atoms with Crippen molar-refractivity contribution in [2.45, 2.75) is 26.2 Å². The Balaban J connectivity index is 2.35. The van der Waals surface area contributed by atoms with E-state index in [1.165, 1.54) is 13.2 Å². The van der Waals surface area contributed by atoms with Crippen molar-refractivity contribution >= 4 is 5.97 Å². The first-order valence-electron chi connectivity index (χ1n) is 5.55. The summed E-state index contributed by atoms with van der Waals surface area (Å²) in [4.78, 5) is 11.1. The Hall–Kier alpha value is -1.58. The van der Waals surface area contributed by atoms with Crippen LogP contribution >= 0.6 is 0 Å². The van der Waals surface area contributed by atoms with Crippen LogP contribution in [0.1, 0.15) is 24.0 Å². The molecule has 92 valence electrons. The summed E-state index contributed by atoms with van der Waals surface area (Å²) in [6.07, 6.45) is 1.43.